The number of pyridine rings is 1. The highest BCUT2D eigenvalue weighted by molar-refractivity contribution is 6.30. The van der Waals surface area contributed by atoms with Gasteiger partial charge in [-0.15, -0.1) is 0 Å². The summed E-state index contributed by atoms with van der Waals surface area (Å²) in [6.45, 7) is 6.58. The molecule has 262 valence electrons. The number of hydrogen-bond donors (Lipinski definition) is 3. The van der Waals surface area contributed by atoms with Gasteiger partial charge in [0.1, 0.15) is 17.4 Å². The molecule has 1 fully saturated rings. The minimum atomic E-state index is -1.07. The second-order valence-corrected chi connectivity index (χ2v) is 15.5. The largest absolute Gasteiger partial charge is 0.493 e. The SMILES string of the molecule is CNCC1CCOc2cc3c(cc2O1)C1(CCC(Nc2cccc(Cl)c2)(C(=O)O)CC1)C(C[C@@H](C)COc1ccnc2c1[C@H](C)CCC2)C3. The van der Waals surface area contributed by atoms with Crippen molar-refractivity contribution in [3.05, 3.63) is 76.1 Å². The molecular formula is C40H50ClN3O5. The van der Waals surface area contributed by atoms with Crippen LogP contribution in [-0.2, 0) is 23.1 Å². The lowest BCUT2D eigenvalue weighted by molar-refractivity contribution is -0.144. The van der Waals surface area contributed by atoms with Crippen LogP contribution in [0.1, 0.15) is 93.5 Å². The third-order valence-electron chi connectivity index (χ3n) is 11.8. The lowest BCUT2D eigenvalue weighted by Gasteiger charge is -2.47. The zero-order chi connectivity index (χ0) is 34.2. The number of aliphatic carboxylic acids is 1. The Bertz CT molecular complexity index is 1670. The van der Waals surface area contributed by atoms with Crippen molar-refractivity contribution < 1.29 is 24.1 Å². The van der Waals surface area contributed by atoms with Crippen molar-refractivity contribution in [1.29, 1.82) is 0 Å². The van der Waals surface area contributed by atoms with E-state index in [1.165, 1.54) is 35.2 Å². The molecule has 1 aromatic heterocycles. The average molecular weight is 688 g/mol. The molecule has 4 atom stereocenters. The molecule has 0 amide bonds. The van der Waals surface area contributed by atoms with Gasteiger partial charge >= 0.3 is 5.97 Å². The number of anilines is 1. The van der Waals surface area contributed by atoms with Gasteiger partial charge in [-0.05, 0) is 136 Å². The highest BCUT2D eigenvalue weighted by Gasteiger charge is 2.54. The van der Waals surface area contributed by atoms with Gasteiger partial charge in [-0.2, -0.15) is 0 Å². The maximum atomic E-state index is 13.0. The smallest absolute Gasteiger partial charge is 0.329 e. The van der Waals surface area contributed by atoms with Crippen molar-refractivity contribution in [2.45, 2.75) is 101 Å². The molecule has 1 spiro atoms. The molecule has 4 aliphatic rings. The summed E-state index contributed by atoms with van der Waals surface area (Å²) in [5.74, 6) is 2.89. The molecule has 2 unspecified atom stereocenters. The molecule has 1 saturated carbocycles. The van der Waals surface area contributed by atoms with E-state index in [0.29, 0.717) is 48.8 Å². The van der Waals surface area contributed by atoms with E-state index in [0.717, 1.165) is 68.0 Å². The Hall–Kier alpha value is -3.49. The lowest BCUT2D eigenvalue weighted by Crippen LogP contribution is -2.53. The predicted molar refractivity (Wildman–Crippen MR) is 193 cm³/mol. The number of aryl methyl sites for hydroxylation is 1. The molecule has 1 aliphatic heterocycles. The van der Waals surface area contributed by atoms with Crippen LogP contribution in [0.15, 0.2) is 48.7 Å². The average Bonchev–Trinajstić information content (AvgIpc) is 3.20. The van der Waals surface area contributed by atoms with Crippen LogP contribution in [-0.4, -0.2) is 54.5 Å². The molecule has 2 aromatic carbocycles. The molecule has 2 heterocycles. The zero-order valence-electron chi connectivity index (χ0n) is 29.0. The number of hydrogen-bond acceptors (Lipinski definition) is 7. The third kappa shape index (κ3) is 6.71. The maximum Gasteiger partial charge on any atom is 0.329 e. The summed E-state index contributed by atoms with van der Waals surface area (Å²) in [7, 11) is 1.95. The Morgan fingerprint density at radius 1 is 1.14 bits per heavy atom. The zero-order valence-corrected chi connectivity index (χ0v) is 29.8. The number of fused-ring (bicyclic) bond motifs is 4. The van der Waals surface area contributed by atoms with Crippen LogP contribution in [0.5, 0.6) is 17.2 Å². The molecule has 0 bridgehead atoms. The van der Waals surface area contributed by atoms with Crippen molar-refractivity contribution in [2.75, 3.05) is 32.1 Å². The van der Waals surface area contributed by atoms with E-state index in [9.17, 15) is 9.90 Å². The standard InChI is InChI=1S/C40H50ClN3O5/c1-25(24-48-34-10-16-43-33-9-4-6-26(2)37(33)34)18-28-19-27-20-35-36(49-31(23-42-3)11-17-47-35)22-32(27)39(28)12-14-40(15-13-39,38(45)46)44-30-8-5-7-29(41)21-30/h5,7-8,10,16,20-22,25-26,28,31,42,44H,4,6,9,11-15,17-19,23-24H2,1-3H3,(H,45,46)/t25-,26-,28?,31?,39?,40?/m1/s1. The van der Waals surface area contributed by atoms with Crippen molar-refractivity contribution in [3.63, 3.8) is 0 Å². The van der Waals surface area contributed by atoms with Gasteiger partial charge in [0.2, 0.25) is 0 Å². The first-order chi connectivity index (χ1) is 23.7. The number of rotatable bonds is 10. The Morgan fingerprint density at radius 2 is 1.98 bits per heavy atom. The third-order valence-corrected chi connectivity index (χ3v) is 12.0. The van der Waals surface area contributed by atoms with Crippen LogP contribution < -0.4 is 24.8 Å². The number of aromatic nitrogens is 1. The Morgan fingerprint density at radius 3 is 2.76 bits per heavy atom. The van der Waals surface area contributed by atoms with Gasteiger partial charge in [-0.3, -0.25) is 4.98 Å². The predicted octanol–water partition coefficient (Wildman–Crippen LogP) is 7.95. The van der Waals surface area contributed by atoms with E-state index in [2.05, 4.69) is 41.6 Å². The van der Waals surface area contributed by atoms with Gasteiger partial charge in [-0.25, -0.2) is 4.79 Å². The van der Waals surface area contributed by atoms with E-state index < -0.39 is 11.5 Å². The second kappa shape index (κ2) is 14.0. The maximum absolute atomic E-state index is 13.0. The van der Waals surface area contributed by atoms with Gasteiger partial charge in [0.05, 0.1) is 13.2 Å². The molecule has 0 radical (unpaired) electrons. The first-order valence-electron chi connectivity index (χ1n) is 18.2. The fourth-order valence-electron chi connectivity index (χ4n) is 9.23. The number of nitrogens with zero attached hydrogens (tertiary/aromatic N) is 1. The Labute approximate surface area is 295 Å². The van der Waals surface area contributed by atoms with E-state index >= 15 is 0 Å². The monoisotopic (exact) mass is 687 g/mol. The fourth-order valence-corrected chi connectivity index (χ4v) is 9.42. The van der Waals surface area contributed by atoms with Crippen LogP contribution in [0.25, 0.3) is 0 Å². The molecule has 49 heavy (non-hydrogen) atoms. The van der Waals surface area contributed by atoms with Crippen LogP contribution >= 0.6 is 11.6 Å². The van der Waals surface area contributed by atoms with Gasteiger partial charge in [0.15, 0.2) is 11.5 Å². The molecule has 7 rings (SSSR count). The van der Waals surface area contributed by atoms with E-state index in [-0.39, 0.29) is 11.5 Å². The molecular weight excluding hydrogens is 638 g/mol. The Kier molecular flexibility index (Phi) is 9.73. The lowest BCUT2D eigenvalue weighted by atomic mass is 9.59. The number of likely N-dealkylation sites (N-methyl/N-ethyl adjacent to an activating group) is 1. The van der Waals surface area contributed by atoms with Gasteiger partial charge in [0.25, 0.3) is 0 Å². The van der Waals surface area contributed by atoms with Crippen LogP contribution in [0.4, 0.5) is 5.69 Å². The molecule has 3 N–H and O–H groups in total. The summed E-state index contributed by atoms with van der Waals surface area (Å²) in [4.78, 5) is 17.7. The normalized spacial score (nSPS) is 27.9. The molecule has 9 heteroatoms. The van der Waals surface area contributed by atoms with E-state index in [4.69, 9.17) is 25.8 Å². The quantitative estimate of drug-likeness (QED) is 0.197. The van der Waals surface area contributed by atoms with Crippen molar-refractivity contribution in [2.24, 2.45) is 11.8 Å². The second-order valence-electron chi connectivity index (χ2n) is 15.1. The minimum absolute atomic E-state index is 0.0317. The summed E-state index contributed by atoms with van der Waals surface area (Å²) >= 11 is 6.29. The number of ether oxygens (including phenoxy) is 3. The Balaban J connectivity index is 1.16. The fraction of sp³-hybridized carbons (Fsp3) is 0.550. The summed E-state index contributed by atoms with van der Waals surface area (Å²) in [5, 5.41) is 17.9. The summed E-state index contributed by atoms with van der Waals surface area (Å²) in [5.41, 5.74) is 4.56. The van der Waals surface area contributed by atoms with E-state index in [1.54, 1.807) is 12.1 Å². The number of halogens is 1. The molecule has 3 aliphatic carbocycles. The number of carboxylic acid groups (broad SMARTS) is 1. The summed E-state index contributed by atoms with van der Waals surface area (Å²) in [6.07, 6.45) is 10.6. The summed E-state index contributed by atoms with van der Waals surface area (Å²) < 4.78 is 19.4. The van der Waals surface area contributed by atoms with Crippen molar-refractivity contribution in [1.82, 2.24) is 10.3 Å². The topological polar surface area (TPSA) is 102 Å². The number of carboxylic acids is 1. The number of benzene rings is 2. The van der Waals surface area contributed by atoms with Crippen molar-refractivity contribution in [3.8, 4) is 17.2 Å². The van der Waals surface area contributed by atoms with Crippen LogP contribution in [0, 0.1) is 11.8 Å². The van der Waals surface area contributed by atoms with Gasteiger partial charge in [0, 0.05) is 41.1 Å². The molecule has 8 nitrogen and oxygen atoms in total. The first-order valence-corrected chi connectivity index (χ1v) is 18.6. The van der Waals surface area contributed by atoms with Gasteiger partial charge in [-0.1, -0.05) is 31.5 Å². The number of nitrogens with one attached hydrogen (secondary N) is 2. The van der Waals surface area contributed by atoms with Gasteiger partial charge < -0.3 is 30.0 Å². The molecule has 3 aromatic rings. The van der Waals surface area contributed by atoms with E-state index in [1.807, 2.05) is 31.4 Å². The first kappa shape index (κ1) is 34.0. The minimum Gasteiger partial charge on any atom is -0.493 e. The summed E-state index contributed by atoms with van der Waals surface area (Å²) in [6, 6.07) is 13.8. The molecule has 0 saturated heterocycles. The van der Waals surface area contributed by atoms with Crippen LogP contribution in [0.2, 0.25) is 5.02 Å². The van der Waals surface area contributed by atoms with Crippen LogP contribution in [0.3, 0.4) is 0 Å². The number of carbonyl (C=O) groups is 1. The van der Waals surface area contributed by atoms with Crippen molar-refractivity contribution >= 4 is 23.3 Å². The highest BCUT2D eigenvalue weighted by Crippen LogP contribution is 2.58. The highest BCUT2D eigenvalue weighted by atomic mass is 35.5.